The molecule has 2 atom stereocenters. The number of amides is 1. The van der Waals surface area contributed by atoms with Crippen molar-refractivity contribution in [1.82, 2.24) is 10.2 Å². The van der Waals surface area contributed by atoms with E-state index in [1.165, 1.54) is 32.1 Å². The van der Waals surface area contributed by atoms with E-state index in [1.807, 2.05) is 25.7 Å². The number of nitrogens with one attached hydrogen (secondary N) is 1. The van der Waals surface area contributed by atoms with Gasteiger partial charge in [0.05, 0.1) is 0 Å². The van der Waals surface area contributed by atoms with Crippen molar-refractivity contribution in [3.8, 4) is 0 Å². The average molecular weight is 325 g/mol. The molecule has 4 nitrogen and oxygen atoms in total. The van der Waals surface area contributed by atoms with Crippen LogP contribution in [0.4, 0.5) is 4.79 Å². The fourth-order valence-electron chi connectivity index (χ4n) is 3.54. The maximum Gasteiger partial charge on any atom is 0.410 e. The van der Waals surface area contributed by atoms with Crippen LogP contribution >= 0.6 is 0 Å². The van der Waals surface area contributed by atoms with Crippen molar-refractivity contribution in [2.45, 2.75) is 96.7 Å². The second-order valence-corrected chi connectivity index (χ2v) is 8.52. The van der Waals surface area contributed by atoms with Crippen LogP contribution in [0.1, 0.15) is 79.1 Å². The zero-order chi connectivity index (χ0) is 16.9. The van der Waals surface area contributed by atoms with E-state index in [2.05, 4.69) is 12.2 Å². The molecule has 23 heavy (non-hydrogen) atoms. The maximum atomic E-state index is 12.6. The molecule has 4 heteroatoms. The van der Waals surface area contributed by atoms with E-state index < -0.39 is 5.60 Å². The first kappa shape index (κ1) is 18.6. The zero-order valence-corrected chi connectivity index (χ0v) is 15.6. The lowest BCUT2D eigenvalue weighted by molar-refractivity contribution is 0.0149. The van der Waals surface area contributed by atoms with E-state index in [-0.39, 0.29) is 6.09 Å². The summed E-state index contributed by atoms with van der Waals surface area (Å²) in [7, 11) is 0. The van der Waals surface area contributed by atoms with Crippen LogP contribution in [0.3, 0.4) is 0 Å². The van der Waals surface area contributed by atoms with E-state index >= 15 is 0 Å². The Hall–Kier alpha value is -0.770. The second-order valence-electron chi connectivity index (χ2n) is 8.52. The van der Waals surface area contributed by atoms with Gasteiger partial charge in [0.15, 0.2) is 0 Å². The summed E-state index contributed by atoms with van der Waals surface area (Å²) in [4.78, 5) is 14.6. The maximum absolute atomic E-state index is 12.6. The Kier molecular flexibility index (Phi) is 6.75. The molecule has 0 radical (unpaired) electrons. The first-order valence-electron chi connectivity index (χ1n) is 9.58. The van der Waals surface area contributed by atoms with Crippen LogP contribution in [0.15, 0.2) is 0 Å². The number of carbonyl (C=O) groups excluding carboxylic acids is 1. The van der Waals surface area contributed by atoms with Gasteiger partial charge in [0.25, 0.3) is 0 Å². The number of likely N-dealkylation sites (tertiary alicyclic amines) is 1. The average Bonchev–Trinajstić information content (AvgIpc) is 2.60. The summed E-state index contributed by atoms with van der Waals surface area (Å²) in [6.45, 7) is 10.1. The van der Waals surface area contributed by atoms with Gasteiger partial charge in [-0.05, 0) is 72.3 Å². The van der Waals surface area contributed by atoms with Crippen molar-refractivity contribution in [1.29, 1.82) is 0 Å². The molecule has 134 valence electrons. The number of hydrogen-bond acceptors (Lipinski definition) is 3. The minimum Gasteiger partial charge on any atom is -0.444 e. The minimum atomic E-state index is -0.415. The molecule has 0 aromatic carbocycles. The molecule has 0 aromatic rings. The number of carbonyl (C=O) groups is 1. The van der Waals surface area contributed by atoms with E-state index in [9.17, 15) is 4.79 Å². The van der Waals surface area contributed by atoms with Gasteiger partial charge in [0.1, 0.15) is 5.60 Å². The van der Waals surface area contributed by atoms with E-state index in [0.717, 1.165) is 38.3 Å². The molecule has 2 fully saturated rings. The Morgan fingerprint density at radius 1 is 1.17 bits per heavy atom. The van der Waals surface area contributed by atoms with Gasteiger partial charge in [-0.15, -0.1) is 0 Å². The lowest BCUT2D eigenvalue weighted by atomic mass is 9.85. The monoisotopic (exact) mass is 324 g/mol. The fourth-order valence-corrected chi connectivity index (χ4v) is 3.54. The molecule has 1 saturated carbocycles. The first-order valence-corrected chi connectivity index (χ1v) is 9.58. The third-order valence-corrected chi connectivity index (χ3v) is 5.11. The van der Waals surface area contributed by atoms with Crippen molar-refractivity contribution in [3.05, 3.63) is 0 Å². The van der Waals surface area contributed by atoms with Crippen LogP contribution in [0, 0.1) is 5.92 Å². The van der Waals surface area contributed by atoms with Crippen molar-refractivity contribution in [3.63, 3.8) is 0 Å². The van der Waals surface area contributed by atoms with Gasteiger partial charge in [-0.1, -0.05) is 19.3 Å². The summed E-state index contributed by atoms with van der Waals surface area (Å²) in [5, 5.41) is 3.68. The smallest absolute Gasteiger partial charge is 0.410 e. The van der Waals surface area contributed by atoms with E-state index in [4.69, 9.17) is 4.74 Å². The molecular formula is C19H36N2O2. The summed E-state index contributed by atoms with van der Waals surface area (Å²) < 4.78 is 5.64. The standard InChI is InChI=1S/C19H36N2O2/c1-15(20-14-16-9-8-10-16)13-17-11-6-5-7-12-21(17)18(22)23-19(2,3)4/h15-17,20H,5-14H2,1-4H3. The van der Waals surface area contributed by atoms with Crippen LogP contribution in [-0.4, -0.2) is 41.8 Å². The summed E-state index contributed by atoms with van der Waals surface area (Å²) in [6, 6.07) is 0.778. The molecule has 1 aliphatic heterocycles. The highest BCUT2D eigenvalue weighted by Gasteiger charge is 2.30. The Labute approximate surface area is 142 Å². The van der Waals surface area contributed by atoms with Crippen LogP contribution in [0.2, 0.25) is 0 Å². The molecule has 1 heterocycles. The van der Waals surface area contributed by atoms with Crippen molar-refractivity contribution < 1.29 is 9.53 Å². The molecule has 1 aliphatic carbocycles. The Morgan fingerprint density at radius 3 is 2.52 bits per heavy atom. The second kappa shape index (κ2) is 8.36. The van der Waals surface area contributed by atoms with Crippen LogP contribution < -0.4 is 5.32 Å². The van der Waals surface area contributed by atoms with E-state index in [0.29, 0.717) is 12.1 Å². The highest BCUT2D eigenvalue weighted by molar-refractivity contribution is 5.68. The van der Waals surface area contributed by atoms with Gasteiger partial charge in [-0.3, -0.25) is 0 Å². The summed E-state index contributed by atoms with van der Waals surface area (Å²) >= 11 is 0. The molecule has 2 unspecified atom stereocenters. The van der Waals surface area contributed by atoms with Gasteiger partial charge in [0.2, 0.25) is 0 Å². The normalized spacial score (nSPS) is 24.7. The van der Waals surface area contributed by atoms with Crippen molar-refractivity contribution in [2.24, 2.45) is 5.92 Å². The van der Waals surface area contributed by atoms with Gasteiger partial charge >= 0.3 is 6.09 Å². The van der Waals surface area contributed by atoms with Gasteiger partial charge < -0.3 is 15.0 Å². The quantitative estimate of drug-likeness (QED) is 0.818. The number of hydrogen-bond donors (Lipinski definition) is 1. The number of nitrogens with zero attached hydrogens (tertiary/aromatic N) is 1. The summed E-state index contributed by atoms with van der Waals surface area (Å²) in [6.07, 6.45) is 9.71. The SMILES string of the molecule is CC(CC1CCCCCN1C(=O)OC(C)(C)C)NCC1CCC1. The zero-order valence-electron chi connectivity index (χ0n) is 15.6. The fraction of sp³-hybridized carbons (Fsp3) is 0.947. The number of rotatable bonds is 5. The molecule has 1 saturated heterocycles. The number of ether oxygens (including phenoxy) is 1. The molecule has 0 aromatic heterocycles. The molecular weight excluding hydrogens is 288 g/mol. The third-order valence-electron chi connectivity index (χ3n) is 5.11. The van der Waals surface area contributed by atoms with E-state index in [1.54, 1.807) is 0 Å². The predicted molar refractivity (Wildman–Crippen MR) is 94.6 cm³/mol. The first-order chi connectivity index (χ1) is 10.8. The van der Waals surface area contributed by atoms with Gasteiger partial charge in [0, 0.05) is 18.6 Å². The predicted octanol–water partition coefficient (Wildman–Crippen LogP) is 4.33. The van der Waals surface area contributed by atoms with Crippen LogP contribution in [0.25, 0.3) is 0 Å². The third kappa shape index (κ3) is 6.33. The topological polar surface area (TPSA) is 41.6 Å². The molecule has 2 rings (SSSR count). The molecule has 0 bridgehead atoms. The summed E-state index contributed by atoms with van der Waals surface area (Å²) in [5.74, 6) is 0.883. The Balaban J connectivity index is 1.87. The largest absolute Gasteiger partial charge is 0.444 e. The van der Waals surface area contributed by atoms with Crippen LogP contribution in [-0.2, 0) is 4.74 Å². The van der Waals surface area contributed by atoms with Crippen molar-refractivity contribution >= 4 is 6.09 Å². The van der Waals surface area contributed by atoms with Crippen molar-refractivity contribution in [2.75, 3.05) is 13.1 Å². The Morgan fingerprint density at radius 2 is 1.91 bits per heavy atom. The summed E-state index contributed by atoms with van der Waals surface area (Å²) in [5.41, 5.74) is -0.415. The molecule has 1 amide bonds. The lowest BCUT2D eigenvalue weighted by Gasteiger charge is -2.34. The highest BCUT2D eigenvalue weighted by Crippen LogP contribution is 2.26. The molecule has 1 N–H and O–H groups in total. The molecule has 0 spiro atoms. The lowest BCUT2D eigenvalue weighted by Crippen LogP contribution is -2.46. The van der Waals surface area contributed by atoms with Gasteiger partial charge in [-0.2, -0.15) is 0 Å². The Bertz CT molecular complexity index is 374. The molecule has 2 aliphatic rings. The minimum absolute atomic E-state index is 0.129. The van der Waals surface area contributed by atoms with Gasteiger partial charge in [-0.25, -0.2) is 4.79 Å². The highest BCUT2D eigenvalue weighted by atomic mass is 16.6. The van der Waals surface area contributed by atoms with Crippen LogP contribution in [0.5, 0.6) is 0 Å².